The van der Waals surface area contributed by atoms with Crippen LogP contribution in [0.4, 0.5) is 4.39 Å². The van der Waals surface area contributed by atoms with Crippen LogP contribution in [0.25, 0.3) is 0 Å². The Morgan fingerprint density at radius 1 is 1.16 bits per heavy atom. The SMILES string of the molecule is COC(=O)C1CN(Cc2ccccc2)C[C@H]1c1ccc(OC)cc1F. The van der Waals surface area contributed by atoms with Gasteiger partial charge in [0.15, 0.2) is 0 Å². The van der Waals surface area contributed by atoms with Crippen molar-refractivity contribution >= 4 is 5.97 Å². The largest absolute Gasteiger partial charge is 0.497 e. The van der Waals surface area contributed by atoms with Gasteiger partial charge in [-0.15, -0.1) is 0 Å². The molecule has 2 aromatic carbocycles. The molecule has 1 heterocycles. The molecule has 0 N–H and O–H groups in total. The first-order valence-electron chi connectivity index (χ1n) is 8.30. The maximum absolute atomic E-state index is 14.5. The fourth-order valence-corrected chi connectivity index (χ4v) is 3.50. The van der Waals surface area contributed by atoms with Crippen LogP contribution in [0.1, 0.15) is 17.0 Å². The Morgan fingerprint density at radius 2 is 1.92 bits per heavy atom. The third-order valence-corrected chi connectivity index (χ3v) is 4.76. The molecule has 0 amide bonds. The van der Waals surface area contributed by atoms with Crippen molar-refractivity contribution in [3.63, 3.8) is 0 Å². The normalized spacial score (nSPS) is 20.4. The van der Waals surface area contributed by atoms with E-state index in [9.17, 15) is 9.18 Å². The monoisotopic (exact) mass is 343 g/mol. The average Bonchev–Trinajstić information content (AvgIpc) is 3.05. The van der Waals surface area contributed by atoms with Crippen LogP contribution in [-0.4, -0.2) is 38.2 Å². The standard InChI is InChI=1S/C20H22FNO3/c1-24-15-8-9-16(19(21)10-15)17-12-22(13-18(17)20(23)25-2)11-14-6-4-3-5-7-14/h3-10,17-18H,11-13H2,1-2H3/t17-,18?/m0/s1. The van der Waals surface area contributed by atoms with Gasteiger partial charge in [-0.1, -0.05) is 36.4 Å². The number of ether oxygens (including phenoxy) is 2. The van der Waals surface area contributed by atoms with E-state index in [0.717, 1.165) is 6.54 Å². The van der Waals surface area contributed by atoms with E-state index >= 15 is 0 Å². The number of hydrogen-bond donors (Lipinski definition) is 0. The lowest BCUT2D eigenvalue weighted by Crippen LogP contribution is -2.24. The van der Waals surface area contributed by atoms with Crippen molar-refractivity contribution in [3.8, 4) is 5.75 Å². The fraction of sp³-hybridized carbons (Fsp3) is 0.350. The van der Waals surface area contributed by atoms with Crippen LogP contribution in [0.15, 0.2) is 48.5 Å². The van der Waals surface area contributed by atoms with Crippen LogP contribution in [-0.2, 0) is 16.1 Å². The molecular weight excluding hydrogens is 321 g/mol. The Bertz CT molecular complexity index is 735. The molecule has 1 aliphatic heterocycles. The van der Waals surface area contributed by atoms with Crippen molar-refractivity contribution in [3.05, 3.63) is 65.5 Å². The summed E-state index contributed by atoms with van der Waals surface area (Å²) in [5.41, 5.74) is 1.70. The number of benzene rings is 2. The Balaban J connectivity index is 1.84. The first kappa shape index (κ1) is 17.4. The van der Waals surface area contributed by atoms with E-state index in [0.29, 0.717) is 24.4 Å². The zero-order valence-electron chi connectivity index (χ0n) is 14.4. The highest BCUT2D eigenvalue weighted by Crippen LogP contribution is 2.36. The van der Waals surface area contributed by atoms with E-state index in [1.165, 1.54) is 25.8 Å². The number of methoxy groups -OCH3 is 2. The van der Waals surface area contributed by atoms with Gasteiger partial charge in [-0.3, -0.25) is 9.69 Å². The van der Waals surface area contributed by atoms with Crippen molar-refractivity contribution in [2.24, 2.45) is 5.92 Å². The highest BCUT2D eigenvalue weighted by molar-refractivity contribution is 5.74. The van der Waals surface area contributed by atoms with Gasteiger partial charge < -0.3 is 9.47 Å². The topological polar surface area (TPSA) is 38.8 Å². The van der Waals surface area contributed by atoms with Crippen LogP contribution in [0, 0.1) is 11.7 Å². The highest BCUT2D eigenvalue weighted by atomic mass is 19.1. The molecule has 1 saturated heterocycles. The predicted molar refractivity (Wildman–Crippen MR) is 92.9 cm³/mol. The molecule has 0 bridgehead atoms. The molecule has 2 aromatic rings. The zero-order chi connectivity index (χ0) is 17.8. The number of rotatable bonds is 5. The number of halogens is 1. The predicted octanol–water partition coefficient (Wildman–Crippen LogP) is 3.22. The van der Waals surface area contributed by atoms with E-state index < -0.39 is 0 Å². The molecule has 1 unspecified atom stereocenters. The molecule has 4 nitrogen and oxygen atoms in total. The van der Waals surface area contributed by atoms with E-state index in [4.69, 9.17) is 9.47 Å². The van der Waals surface area contributed by atoms with Crippen LogP contribution in [0.5, 0.6) is 5.75 Å². The number of carbonyl (C=O) groups excluding carboxylic acids is 1. The van der Waals surface area contributed by atoms with Crippen molar-refractivity contribution in [1.29, 1.82) is 0 Å². The summed E-state index contributed by atoms with van der Waals surface area (Å²) in [5, 5.41) is 0. The molecule has 0 aliphatic carbocycles. The van der Waals surface area contributed by atoms with Gasteiger partial charge in [-0.25, -0.2) is 4.39 Å². The number of nitrogens with zero attached hydrogens (tertiary/aromatic N) is 1. The van der Waals surface area contributed by atoms with Gasteiger partial charge in [-0.05, 0) is 17.2 Å². The summed E-state index contributed by atoms with van der Waals surface area (Å²) in [4.78, 5) is 14.4. The lowest BCUT2D eigenvalue weighted by atomic mass is 9.88. The maximum Gasteiger partial charge on any atom is 0.310 e. The van der Waals surface area contributed by atoms with Crippen LogP contribution in [0.3, 0.4) is 0 Å². The minimum Gasteiger partial charge on any atom is -0.497 e. The van der Waals surface area contributed by atoms with Crippen molar-refractivity contribution in [1.82, 2.24) is 4.90 Å². The minimum atomic E-state index is -0.378. The summed E-state index contributed by atoms with van der Waals surface area (Å²) < 4.78 is 24.6. The molecule has 132 valence electrons. The fourth-order valence-electron chi connectivity index (χ4n) is 3.50. The molecule has 3 rings (SSSR count). The summed E-state index contributed by atoms with van der Waals surface area (Å²) in [6.07, 6.45) is 0. The average molecular weight is 343 g/mol. The number of carbonyl (C=O) groups is 1. The Labute approximate surface area is 147 Å². The van der Waals surface area contributed by atoms with E-state index in [1.54, 1.807) is 12.1 Å². The molecule has 0 saturated carbocycles. The quantitative estimate of drug-likeness (QED) is 0.782. The highest BCUT2D eigenvalue weighted by Gasteiger charge is 2.40. The van der Waals surface area contributed by atoms with Gasteiger partial charge in [0.05, 0.1) is 20.1 Å². The third kappa shape index (κ3) is 3.82. The van der Waals surface area contributed by atoms with Crippen molar-refractivity contribution < 1.29 is 18.7 Å². The van der Waals surface area contributed by atoms with Crippen molar-refractivity contribution in [2.45, 2.75) is 12.5 Å². The molecule has 5 heteroatoms. The molecular formula is C20H22FNO3. The van der Waals surface area contributed by atoms with Gasteiger partial charge in [0.1, 0.15) is 11.6 Å². The van der Waals surface area contributed by atoms with Gasteiger partial charge in [0, 0.05) is 31.6 Å². The summed E-state index contributed by atoms with van der Waals surface area (Å²) in [6.45, 7) is 1.89. The molecule has 25 heavy (non-hydrogen) atoms. The molecule has 1 aliphatic rings. The summed E-state index contributed by atoms with van der Waals surface area (Å²) in [5.74, 6) is -0.788. The Morgan fingerprint density at radius 3 is 2.56 bits per heavy atom. The summed E-state index contributed by atoms with van der Waals surface area (Å²) in [7, 11) is 2.88. The second-order valence-corrected chi connectivity index (χ2v) is 6.30. The van der Waals surface area contributed by atoms with E-state index in [1.807, 2.05) is 18.2 Å². The Hall–Kier alpha value is -2.40. The van der Waals surface area contributed by atoms with Gasteiger partial charge in [0.25, 0.3) is 0 Å². The minimum absolute atomic E-state index is 0.234. The van der Waals surface area contributed by atoms with Crippen molar-refractivity contribution in [2.75, 3.05) is 27.3 Å². The maximum atomic E-state index is 14.5. The number of hydrogen-bond acceptors (Lipinski definition) is 4. The third-order valence-electron chi connectivity index (χ3n) is 4.76. The second-order valence-electron chi connectivity index (χ2n) is 6.30. The lowest BCUT2D eigenvalue weighted by Gasteiger charge is -2.18. The smallest absolute Gasteiger partial charge is 0.310 e. The van der Waals surface area contributed by atoms with E-state index in [2.05, 4.69) is 17.0 Å². The van der Waals surface area contributed by atoms with E-state index in [-0.39, 0.29) is 23.6 Å². The molecule has 0 aromatic heterocycles. The molecule has 1 fully saturated rings. The summed E-state index contributed by atoms with van der Waals surface area (Å²) in [6, 6.07) is 14.9. The first-order valence-corrected chi connectivity index (χ1v) is 8.30. The number of likely N-dealkylation sites (tertiary alicyclic amines) is 1. The molecule has 2 atom stereocenters. The van der Waals surface area contributed by atoms with Crippen LogP contribution in [0.2, 0.25) is 0 Å². The van der Waals surface area contributed by atoms with Crippen LogP contribution < -0.4 is 4.74 Å². The van der Waals surface area contributed by atoms with Gasteiger partial charge >= 0.3 is 5.97 Å². The second kappa shape index (κ2) is 7.66. The Kier molecular flexibility index (Phi) is 5.34. The van der Waals surface area contributed by atoms with Crippen LogP contribution >= 0.6 is 0 Å². The molecule has 0 radical (unpaired) electrons. The first-order chi connectivity index (χ1) is 12.1. The number of esters is 1. The van der Waals surface area contributed by atoms with Gasteiger partial charge in [0.2, 0.25) is 0 Å². The van der Waals surface area contributed by atoms with Gasteiger partial charge in [-0.2, -0.15) is 0 Å². The lowest BCUT2D eigenvalue weighted by molar-refractivity contribution is -0.145. The molecule has 0 spiro atoms. The zero-order valence-corrected chi connectivity index (χ0v) is 14.4. The summed E-state index contributed by atoms with van der Waals surface area (Å²) >= 11 is 0.